The quantitative estimate of drug-likeness (QED) is 0.279. The Morgan fingerprint density at radius 2 is 1.78 bits per heavy atom. The largest absolute Gasteiger partial charge is 0.449 e. The number of ether oxygens (including phenoxy) is 1. The van der Waals surface area contributed by atoms with Crippen molar-refractivity contribution in [2.75, 3.05) is 18.2 Å². The van der Waals surface area contributed by atoms with Gasteiger partial charge in [-0.2, -0.15) is 18.3 Å². The first kappa shape index (κ1) is 26.4. The number of thiophene rings is 1. The summed E-state index contributed by atoms with van der Waals surface area (Å²) in [6.45, 7) is 2.08. The zero-order valence-corrected chi connectivity index (χ0v) is 21.4. The third-order valence-corrected chi connectivity index (χ3v) is 7.45. The molecular weight excluding hydrogens is 527 g/mol. The topological polar surface area (TPSA) is 90.3 Å². The number of rotatable bonds is 7. The van der Waals surface area contributed by atoms with Crippen LogP contribution in [0.25, 0.3) is 26.7 Å². The van der Waals surface area contributed by atoms with Gasteiger partial charge in [-0.25, -0.2) is 17.9 Å². The molecule has 2 aromatic heterocycles. The number of carbonyl (C=O) groups excluding carboxylic acids is 1. The van der Waals surface area contributed by atoms with Gasteiger partial charge in [-0.1, -0.05) is 25.1 Å². The van der Waals surface area contributed by atoms with Crippen molar-refractivity contribution in [1.29, 1.82) is 0 Å². The highest BCUT2D eigenvalue weighted by Crippen LogP contribution is 2.39. The molecule has 0 bridgehead atoms. The van der Waals surface area contributed by atoms with Crippen LogP contribution in [0.3, 0.4) is 0 Å². The lowest BCUT2D eigenvalue weighted by molar-refractivity contribution is -0.141. The van der Waals surface area contributed by atoms with Gasteiger partial charge in [-0.3, -0.25) is 5.32 Å². The van der Waals surface area contributed by atoms with Crippen LogP contribution < -0.4 is 5.32 Å². The fourth-order valence-corrected chi connectivity index (χ4v) is 5.14. The Morgan fingerprint density at radius 3 is 2.49 bits per heavy atom. The first-order valence-corrected chi connectivity index (χ1v) is 13.8. The molecule has 0 aliphatic carbocycles. The van der Waals surface area contributed by atoms with Crippen LogP contribution in [0, 0.1) is 0 Å². The van der Waals surface area contributed by atoms with Gasteiger partial charge in [0.15, 0.2) is 15.5 Å². The molecule has 1 N–H and O–H groups in total. The molecule has 37 heavy (non-hydrogen) atoms. The highest BCUT2D eigenvalue weighted by Gasteiger charge is 2.35. The van der Waals surface area contributed by atoms with Crippen LogP contribution in [0.5, 0.6) is 0 Å². The highest BCUT2D eigenvalue weighted by molar-refractivity contribution is 7.90. The van der Waals surface area contributed by atoms with Crippen molar-refractivity contribution in [3.05, 3.63) is 72.4 Å². The molecule has 2 aromatic carbocycles. The van der Waals surface area contributed by atoms with Crippen molar-refractivity contribution >= 4 is 33.0 Å². The van der Waals surface area contributed by atoms with Gasteiger partial charge in [0.05, 0.1) is 27.8 Å². The number of hydrogen-bond acceptors (Lipinski definition) is 6. The summed E-state index contributed by atoms with van der Waals surface area (Å²) in [6.07, 6.45) is -3.60. The van der Waals surface area contributed by atoms with E-state index < -0.39 is 27.8 Å². The number of benzene rings is 2. The fourth-order valence-electron chi connectivity index (χ4n) is 3.47. The molecular formula is C25H22F3N3O4S2. The number of nitrogens with zero attached hydrogens (tertiary/aromatic N) is 2. The minimum Gasteiger partial charge on any atom is -0.449 e. The van der Waals surface area contributed by atoms with E-state index in [0.29, 0.717) is 33.1 Å². The van der Waals surface area contributed by atoms with E-state index in [0.717, 1.165) is 17.0 Å². The maximum atomic E-state index is 13.6. The van der Waals surface area contributed by atoms with Crippen LogP contribution in [0.2, 0.25) is 0 Å². The number of sulfone groups is 1. The Hall–Kier alpha value is -3.64. The molecule has 0 saturated heterocycles. The summed E-state index contributed by atoms with van der Waals surface area (Å²) < 4.78 is 70.9. The Morgan fingerprint density at radius 1 is 1.05 bits per heavy atom. The van der Waals surface area contributed by atoms with Crippen LogP contribution in [0.1, 0.15) is 19.0 Å². The van der Waals surface area contributed by atoms with Crippen LogP contribution in [0.15, 0.2) is 71.6 Å². The van der Waals surface area contributed by atoms with Gasteiger partial charge >= 0.3 is 12.3 Å². The zero-order chi connectivity index (χ0) is 26.8. The van der Waals surface area contributed by atoms with E-state index in [1.807, 2.05) is 6.92 Å². The normalized spacial score (nSPS) is 11.9. The minimum absolute atomic E-state index is 0.145. The lowest BCUT2D eigenvalue weighted by Crippen LogP contribution is -2.14. The summed E-state index contributed by atoms with van der Waals surface area (Å²) in [4.78, 5) is 13.2. The van der Waals surface area contributed by atoms with Gasteiger partial charge in [0.2, 0.25) is 0 Å². The van der Waals surface area contributed by atoms with Gasteiger partial charge in [0.1, 0.15) is 0 Å². The second kappa shape index (κ2) is 10.4. The number of nitrogens with one attached hydrogen (secondary N) is 1. The molecule has 2 heterocycles. The predicted octanol–water partition coefficient (Wildman–Crippen LogP) is 6.65. The van der Waals surface area contributed by atoms with E-state index in [1.54, 1.807) is 42.5 Å². The molecule has 12 heteroatoms. The number of carbonyl (C=O) groups is 1. The van der Waals surface area contributed by atoms with Crippen molar-refractivity contribution < 1.29 is 31.1 Å². The van der Waals surface area contributed by atoms with Crippen molar-refractivity contribution in [1.82, 2.24) is 9.78 Å². The van der Waals surface area contributed by atoms with Crippen LogP contribution in [-0.2, 0) is 20.8 Å². The monoisotopic (exact) mass is 549 g/mol. The molecule has 7 nitrogen and oxygen atoms in total. The number of alkyl halides is 3. The second-order valence-electron chi connectivity index (χ2n) is 8.10. The average molecular weight is 550 g/mol. The Balaban J connectivity index is 1.74. The lowest BCUT2D eigenvalue weighted by atomic mass is 10.2. The van der Waals surface area contributed by atoms with Crippen molar-refractivity contribution in [3.63, 3.8) is 0 Å². The van der Waals surface area contributed by atoms with Crippen LogP contribution in [0.4, 0.5) is 23.7 Å². The van der Waals surface area contributed by atoms with Gasteiger partial charge in [0, 0.05) is 16.8 Å². The summed E-state index contributed by atoms with van der Waals surface area (Å²) >= 11 is 1.20. The average Bonchev–Trinajstić information content (AvgIpc) is 3.50. The van der Waals surface area contributed by atoms with Crippen LogP contribution in [-0.4, -0.2) is 37.2 Å². The highest BCUT2D eigenvalue weighted by atomic mass is 32.2. The standard InChI is InChI=1S/C25H22F3N3O4S2/c1-3-12-35-24(32)29-17-7-5-8-18(14-17)31-20(15-23(30-31)25(26,27)28)22-11-10-21(36-22)16-6-4-9-19(13-16)37(2,33)34/h4-11,13-15H,3,12H2,1-2H3,(H,29,32). The van der Waals surface area contributed by atoms with E-state index in [-0.39, 0.29) is 17.2 Å². The number of hydrogen-bond donors (Lipinski definition) is 1. The minimum atomic E-state index is -4.68. The van der Waals surface area contributed by atoms with Crippen molar-refractivity contribution in [3.8, 4) is 26.7 Å². The number of halogens is 3. The third kappa shape index (κ3) is 6.20. The smallest absolute Gasteiger partial charge is 0.435 e. The van der Waals surface area contributed by atoms with Gasteiger partial charge < -0.3 is 4.74 Å². The maximum Gasteiger partial charge on any atom is 0.435 e. The molecule has 0 radical (unpaired) electrons. The lowest BCUT2D eigenvalue weighted by Gasteiger charge is -2.10. The fraction of sp³-hybridized carbons (Fsp3) is 0.200. The third-order valence-electron chi connectivity index (χ3n) is 5.18. The van der Waals surface area contributed by atoms with Crippen molar-refractivity contribution in [2.45, 2.75) is 24.4 Å². The van der Waals surface area contributed by atoms with Gasteiger partial charge in [-0.05, 0) is 60.5 Å². The molecule has 4 rings (SSSR count). The molecule has 1 amide bonds. The van der Waals surface area contributed by atoms with Crippen molar-refractivity contribution in [2.24, 2.45) is 0 Å². The summed E-state index contributed by atoms with van der Waals surface area (Å²) in [5.41, 5.74) is 0.370. The van der Waals surface area contributed by atoms with Crippen LogP contribution >= 0.6 is 11.3 Å². The summed E-state index contributed by atoms with van der Waals surface area (Å²) in [5, 5.41) is 6.36. The number of aromatic nitrogens is 2. The van der Waals surface area contributed by atoms with E-state index in [4.69, 9.17) is 4.74 Å². The zero-order valence-electron chi connectivity index (χ0n) is 19.7. The van der Waals surface area contributed by atoms with Gasteiger partial charge in [-0.15, -0.1) is 11.3 Å². The predicted molar refractivity (Wildman–Crippen MR) is 136 cm³/mol. The summed E-state index contributed by atoms with van der Waals surface area (Å²) in [5.74, 6) is 0. The molecule has 0 atom stereocenters. The molecule has 0 aliphatic rings. The Kier molecular flexibility index (Phi) is 7.42. The maximum absolute atomic E-state index is 13.6. The van der Waals surface area contributed by atoms with E-state index in [2.05, 4.69) is 10.4 Å². The number of anilines is 1. The second-order valence-corrected chi connectivity index (χ2v) is 11.2. The molecule has 0 aliphatic heterocycles. The first-order valence-electron chi connectivity index (χ1n) is 11.1. The molecule has 194 valence electrons. The molecule has 0 unspecified atom stereocenters. The summed E-state index contributed by atoms with van der Waals surface area (Å²) in [7, 11) is -3.43. The van der Waals surface area contributed by atoms with Gasteiger partial charge in [0.25, 0.3) is 0 Å². The molecule has 4 aromatic rings. The molecule has 0 spiro atoms. The molecule has 0 saturated carbocycles. The Labute approximate surface area is 215 Å². The molecule has 0 fully saturated rings. The first-order chi connectivity index (χ1) is 17.5. The summed E-state index contributed by atoms with van der Waals surface area (Å²) in [6, 6.07) is 16.9. The number of amides is 1. The van der Waals surface area contributed by atoms with E-state index in [1.165, 1.54) is 29.5 Å². The van der Waals surface area contributed by atoms with E-state index >= 15 is 0 Å². The Bertz CT molecular complexity index is 1540. The van der Waals surface area contributed by atoms with E-state index in [9.17, 15) is 26.4 Å². The SMILES string of the molecule is CCCOC(=O)Nc1cccc(-n2nc(C(F)(F)F)cc2-c2ccc(-c3cccc(S(C)(=O)=O)c3)s2)c1.